The Bertz CT molecular complexity index is 1090. The predicted octanol–water partition coefficient (Wildman–Crippen LogP) is 2.63. The smallest absolute Gasteiger partial charge is 0.228 e. The predicted molar refractivity (Wildman–Crippen MR) is 106 cm³/mol. The number of hydrogen-bond donors (Lipinski definition) is 2. The highest BCUT2D eigenvalue weighted by molar-refractivity contribution is 6.01. The molecule has 3 aromatic rings. The molecule has 0 radical (unpaired) electrons. The Labute approximate surface area is 162 Å². The van der Waals surface area contributed by atoms with Crippen molar-refractivity contribution in [1.82, 2.24) is 15.1 Å². The van der Waals surface area contributed by atoms with E-state index in [0.717, 1.165) is 27.7 Å². The van der Waals surface area contributed by atoms with Crippen LogP contribution in [0.5, 0.6) is 5.75 Å². The van der Waals surface area contributed by atoms with Crippen molar-refractivity contribution < 1.29 is 14.3 Å². The largest absolute Gasteiger partial charge is 0.497 e. The third-order valence-electron chi connectivity index (χ3n) is 5.13. The van der Waals surface area contributed by atoms with Crippen molar-refractivity contribution >= 4 is 28.4 Å². The van der Waals surface area contributed by atoms with Crippen LogP contribution in [0.15, 0.2) is 36.4 Å². The van der Waals surface area contributed by atoms with Crippen LogP contribution in [0.1, 0.15) is 29.2 Å². The number of nitrogens with one attached hydrogen (secondary N) is 2. The number of carbonyl (C=O) groups is 2. The number of benzene rings is 2. The molecule has 144 valence electrons. The number of hydrogen-bond acceptors (Lipinski definition) is 4. The fourth-order valence-electron chi connectivity index (χ4n) is 3.68. The van der Waals surface area contributed by atoms with Crippen molar-refractivity contribution in [2.75, 3.05) is 12.4 Å². The van der Waals surface area contributed by atoms with E-state index in [1.165, 1.54) is 0 Å². The van der Waals surface area contributed by atoms with Gasteiger partial charge >= 0.3 is 0 Å². The molecule has 0 spiro atoms. The van der Waals surface area contributed by atoms with Crippen molar-refractivity contribution in [3.63, 3.8) is 0 Å². The maximum absolute atomic E-state index is 12.9. The number of aromatic nitrogens is 2. The number of nitrogens with zero attached hydrogens (tertiary/aromatic N) is 2. The molecule has 1 atom stereocenters. The Balaban J connectivity index is 1.58. The second kappa shape index (κ2) is 6.99. The third-order valence-corrected chi connectivity index (χ3v) is 5.13. The number of methoxy groups -OCH3 is 1. The Morgan fingerprint density at radius 2 is 2.14 bits per heavy atom. The normalized spacial score (nSPS) is 15.8. The van der Waals surface area contributed by atoms with Crippen LogP contribution >= 0.6 is 0 Å². The van der Waals surface area contributed by atoms with Crippen LogP contribution in [0, 0.1) is 6.92 Å². The van der Waals surface area contributed by atoms with Gasteiger partial charge in [0.1, 0.15) is 5.75 Å². The standard InChI is InChI=1S/C21H22N4O3/c1-12-4-7-19-16(8-12)18(24-25(19)2)11-22-21(27)15-10-20(26)23-17-6-5-13(28-3)9-14(15)17/h4-9,15H,10-11H2,1-3H3,(H,22,27)(H,23,26). The molecule has 0 fully saturated rings. The van der Waals surface area contributed by atoms with Gasteiger partial charge < -0.3 is 15.4 Å². The average Bonchev–Trinajstić information content (AvgIpc) is 3.00. The Kier molecular flexibility index (Phi) is 4.50. The van der Waals surface area contributed by atoms with E-state index < -0.39 is 5.92 Å². The zero-order valence-electron chi connectivity index (χ0n) is 16.1. The van der Waals surface area contributed by atoms with Crippen LogP contribution in [0.2, 0.25) is 0 Å². The molecule has 2 aromatic carbocycles. The summed E-state index contributed by atoms with van der Waals surface area (Å²) < 4.78 is 7.08. The van der Waals surface area contributed by atoms with Gasteiger partial charge in [0.05, 0.1) is 30.8 Å². The van der Waals surface area contributed by atoms with Gasteiger partial charge in [0.2, 0.25) is 11.8 Å². The lowest BCUT2D eigenvalue weighted by atomic mass is 9.89. The lowest BCUT2D eigenvalue weighted by Crippen LogP contribution is -2.34. The van der Waals surface area contributed by atoms with Gasteiger partial charge in [0.15, 0.2) is 0 Å². The van der Waals surface area contributed by atoms with Crippen LogP contribution in [0.25, 0.3) is 10.9 Å². The lowest BCUT2D eigenvalue weighted by molar-refractivity contribution is -0.126. The van der Waals surface area contributed by atoms with E-state index in [1.54, 1.807) is 25.3 Å². The molecule has 0 saturated carbocycles. The quantitative estimate of drug-likeness (QED) is 0.731. The number of amides is 2. The summed E-state index contributed by atoms with van der Waals surface area (Å²) in [7, 11) is 3.46. The second-order valence-corrected chi connectivity index (χ2v) is 7.07. The van der Waals surface area contributed by atoms with E-state index in [-0.39, 0.29) is 18.2 Å². The fourth-order valence-corrected chi connectivity index (χ4v) is 3.68. The molecule has 1 aliphatic heterocycles. The molecule has 1 unspecified atom stereocenters. The molecule has 1 aliphatic rings. The average molecular weight is 378 g/mol. The summed E-state index contributed by atoms with van der Waals surface area (Å²) in [4.78, 5) is 25.0. The first-order chi connectivity index (χ1) is 13.5. The third kappa shape index (κ3) is 3.19. The van der Waals surface area contributed by atoms with Crippen LogP contribution in [0.4, 0.5) is 5.69 Å². The molecular weight excluding hydrogens is 356 g/mol. The molecule has 2 N–H and O–H groups in total. The van der Waals surface area contributed by atoms with Crippen LogP contribution in [-0.2, 0) is 23.2 Å². The van der Waals surface area contributed by atoms with E-state index in [4.69, 9.17) is 4.74 Å². The number of rotatable bonds is 4. The van der Waals surface area contributed by atoms with Crippen molar-refractivity contribution in [3.8, 4) is 5.75 Å². The molecule has 0 aliphatic carbocycles. The summed E-state index contributed by atoms with van der Waals surface area (Å²) in [6.07, 6.45) is 0.105. The minimum Gasteiger partial charge on any atom is -0.497 e. The Morgan fingerprint density at radius 1 is 1.32 bits per heavy atom. The Hall–Kier alpha value is -3.35. The summed E-state index contributed by atoms with van der Waals surface area (Å²) in [5.41, 5.74) is 4.37. The molecule has 2 amide bonds. The van der Waals surface area contributed by atoms with Gasteiger partial charge in [0.25, 0.3) is 0 Å². The second-order valence-electron chi connectivity index (χ2n) is 7.07. The molecule has 7 heteroatoms. The van der Waals surface area contributed by atoms with Crippen LogP contribution in [-0.4, -0.2) is 28.7 Å². The summed E-state index contributed by atoms with van der Waals surface area (Å²) in [6, 6.07) is 11.5. The number of ether oxygens (including phenoxy) is 1. The highest BCUT2D eigenvalue weighted by atomic mass is 16.5. The summed E-state index contributed by atoms with van der Waals surface area (Å²) in [5.74, 6) is -0.276. The summed E-state index contributed by atoms with van der Waals surface area (Å²) in [5, 5.41) is 11.3. The van der Waals surface area contributed by atoms with Gasteiger partial charge in [-0.3, -0.25) is 14.3 Å². The minimum atomic E-state index is -0.560. The van der Waals surface area contributed by atoms with Crippen molar-refractivity contribution in [2.45, 2.75) is 25.8 Å². The highest BCUT2D eigenvalue weighted by Crippen LogP contribution is 2.35. The number of carbonyl (C=O) groups excluding carboxylic acids is 2. The van der Waals surface area contributed by atoms with Gasteiger partial charge in [-0.1, -0.05) is 11.6 Å². The minimum absolute atomic E-state index is 0.105. The zero-order valence-corrected chi connectivity index (χ0v) is 16.1. The molecule has 7 nitrogen and oxygen atoms in total. The highest BCUT2D eigenvalue weighted by Gasteiger charge is 2.31. The topological polar surface area (TPSA) is 85.2 Å². The van der Waals surface area contributed by atoms with Crippen molar-refractivity contribution in [3.05, 3.63) is 53.2 Å². The fraction of sp³-hybridized carbons (Fsp3) is 0.286. The van der Waals surface area contributed by atoms with E-state index in [1.807, 2.05) is 30.8 Å². The summed E-state index contributed by atoms with van der Waals surface area (Å²) >= 11 is 0. The van der Waals surface area contributed by atoms with E-state index in [2.05, 4.69) is 21.8 Å². The molecular formula is C21H22N4O3. The number of aryl methyl sites for hydroxylation is 2. The van der Waals surface area contributed by atoms with Gasteiger partial charge in [0, 0.05) is 24.5 Å². The van der Waals surface area contributed by atoms with E-state index in [0.29, 0.717) is 18.0 Å². The molecule has 0 bridgehead atoms. The molecule has 0 saturated heterocycles. The zero-order chi connectivity index (χ0) is 19.8. The molecule has 2 heterocycles. The molecule has 4 rings (SSSR count). The van der Waals surface area contributed by atoms with Crippen LogP contribution < -0.4 is 15.4 Å². The monoisotopic (exact) mass is 378 g/mol. The van der Waals surface area contributed by atoms with Gasteiger partial charge in [-0.2, -0.15) is 5.10 Å². The van der Waals surface area contributed by atoms with Crippen LogP contribution in [0.3, 0.4) is 0 Å². The number of anilines is 1. The van der Waals surface area contributed by atoms with Crippen molar-refractivity contribution in [1.29, 1.82) is 0 Å². The summed E-state index contributed by atoms with van der Waals surface area (Å²) in [6.45, 7) is 2.33. The van der Waals surface area contributed by atoms with E-state index >= 15 is 0 Å². The molecule has 1 aromatic heterocycles. The van der Waals surface area contributed by atoms with Gasteiger partial charge in [-0.25, -0.2) is 0 Å². The van der Waals surface area contributed by atoms with Gasteiger partial charge in [-0.05, 0) is 42.8 Å². The van der Waals surface area contributed by atoms with Crippen molar-refractivity contribution in [2.24, 2.45) is 7.05 Å². The first-order valence-corrected chi connectivity index (χ1v) is 9.14. The first-order valence-electron chi connectivity index (χ1n) is 9.14. The number of fused-ring (bicyclic) bond motifs is 2. The maximum Gasteiger partial charge on any atom is 0.228 e. The SMILES string of the molecule is COc1ccc2c(c1)C(C(=O)NCc1nn(C)c3ccc(C)cc13)CC(=O)N2. The molecule has 28 heavy (non-hydrogen) atoms. The lowest BCUT2D eigenvalue weighted by Gasteiger charge is -2.25. The maximum atomic E-state index is 12.9. The first kappa shape index (κ1) is 18.0. The van der Waals surface area contributed by atoms with E-state index in [9.17, 15) is 9.59 Å². The van der Waals surface area contributed by atoms with Gasteiger partial charge in [-0.15, -0.1) is 0 Å². The Morgan fingerprint density at radius 3 is 2.93 bits per heavy atom.